The predicted octanol–water partition coefficient (Wildman–Crippen LogP) is 1.08. The molecule has 0 aliphatic carbocycles. The average molecular weight is 271 g/mol. The zero-order chi connectivity index (χ0) is 14.4. The van der Waals surface area contributed by atoms with Crippen molar-refractivity contribution in [3.63, 3.8) is 0 Å². The summed E-state index contributed by atoms with van der Waals surface area (Å²) in [7, 11) is 0. The number of primary amides is 1. The van der Waals surface area contributed by atoms with Crippen molar-refractivity contribution in [1.29, 1.82) is 0 Å². The second-order valence-electron chi connectivity index (χ2n) is 4.35. The summed E-state index contributed by atoms with van der Waals surface area (Å²) in [6.45, 7) is 0.578. The van der Waals surface area contributed by atoms with E-state index in [-0.39, 0.29) is 11.7 Å². The summed E-state index contributed by atoms with van der Waals surface area (Å²) in [5, 5.41) is 3.04. The third-order valence-electron chi connectivity index (χ3n) is 2.91. The molecule has 1 unspecified atom stereocenters. The molecule has 0 bridgehead atoms. The van der Waals surface area contributed by atoms with E-state index >= 15 is 0 Å². The number of hydrogen-bond acceptors (Lipinski definition) is 5. The molecule has 0 fully saturated rings. The van der Waals surface area contributed by atoms with E-state index in [4.69, 9.17) is 11.5 Å². The van der Waals surface area contributed by atoms with Crippen LogP contribution in [0.3, 0.4) is 0 Å². The summed E-state index contributed by atoms with van der Waals surface area (Å²) >= 11 is 0. The second kappa shape index (κ2) is 6.63. The Labute approximate surface area is 117 Å². The fourth-order valence-electron chi connectivity index (χ4n) is 1.86. The van der Waals surface area contributed by atoms with Crippen molar-refractivity contribution in [2.45, 2.75) is 12.5 Å². The van der Waals surface area contributed by atoms with Crippen LogP contribution in [-0.4, -0.2) is 22.4 Å². The van der Waals surface area contributed by atoms with E-state index in [0.717, 1.165) is 5.56 Å². The van der Waals surface area contributed by atoms with Gasteiger partial charge in [-0.05, 0) is 12.0 Å². The first-order valence-electron chi connectivity index (χ1n) is 6.33. The molecule has 1 heterocycles. The Morgan fingerprint density at radius 1 is 1.20 bits per heavy atom. The quantitative estimate of drug-likeness (QED) is 0.728. The highest BCUT2D eigenvalue weighted by molar-refractivity contribution is 5.95. The van der Waals surface area contributed by atoms with E-state index in [2.05, 4.69) is 15.3 Å². The van der Waals surface area contributed by atoms with Crippen molar-refractivity contribution in [3.05, 3.63) is 54.0 Å². The van der Waals surface area contributed by atoms with Gasteiger partial charge in [0.15, 0.2) is 11.5 Å². The molecule has 1 amide bonds. The van der Waals surface area contributed by atoms with Gasteiger partial charge in [0.25, 0.3) is 5.91 Å². The monoisotopic (exact) mass is 271 g/mol. The summed E-state index contributed by atoms with van der Waals surface area (Å²) in [5.41, 5.74) is 12.5. The van der Waals surface area contributed by atoms with Gasteiger partial charge in [-0.25, -0.2) is 9.97 Å². The molecule has 1 atom stereocenters. The minimum Gasteiger partial charge on any atom is -0.368 e. The van der Waals surface area contributed by atoms with Gasteiger partial charge in [0, 0.05) is 25.0 Å². The van der Waals surface area contributed by atoms with E-state index in [1.807, 2.05) is 30.3 Å². The number of rotatable bonds is 6. The number of benzene rings is 1. The van der Waals surface area contributed by atoms with E-state index in [0.29, 0.717) is 18.8 Å². The number of anilines is 1. The van der Waals surface area contributed by atoms with Gasteiger partial charge in [-0.2, -0.15) is 0 Å². The first kappa shape index (κ1) is 14.0. The van der Waals surface area contributed by atoms with Crippen molar-refractivity contribution < 1.29 is 4.79 Å². The summed E-state index contributed by atoms with van der Waals surface area (Å²) in [5.74, 6) is -0.215. The van der Waals surface area contributed by atoms with Crippen LogP contribution in [0.25, 0.3) is 0 Å². The largest absolute Gasteiger partial charge is 0.368 e. The topological polar surface area (TPSA) is 107 Å². The minimum atomic E-state index is -0.604. The number of aromatic nitrogens is 2. The number of nitrogens with one attached hydrogen (secondary N) is 1. The summed E-state index contributed by atoms with van der Waals surface area (Å²) in [6.07, 6.45) is 3.64. The zero-order valence-corrected chi connectivity index (χ0v) is 11.0. The Balaban J connectivity index is 1.92. The third kappa shape index (κ3) is 3.52. The van der Waals surface area contributed by atoms with Crippen LogP contribution >= 0.6 is 0 Å². The molecule has 0 radical (unpaired) electrons. The molecule has 1 aromatic heterocycles. The van der Waals surface area contributed by atoms with Crippen LogP contribution in [0.5, 0.6) is 0 Å². The maximum Gasteiger partial charge on any atom is 0.271 e. The van der Waals surface area contributed by atoms with Gasteiger partial charge in [0.1, 0.15) is 0 Å². The molecule has 2 aromatic rings. The van der Waals surface area contributed by atoms with Crippen LogP contribution in [0.1, 0.15) is 28.5 Å². The maximum atomic E-state index is 11.2. The number of amides is 1. The fraction of sp³-hybridized carbons (Fsp3) is 0.214. The minimum absolute atomic E-state index is 0.0719. The van der Waals surface area contributed by atoms with Crippen molar-refractivity contribution in [2.75, 3.05) is 11.9 Å². The normalized spacial score (nSPS) is 11.8. The van der Waals surface area contributed by atoms with Crippen LogP contribution in [-0.2, 0) is 0 Å². The highest BCUT2D eigenvalue weighted by Crippen LogP contribution is 2.14. The second-order valence-corrected chi connectivity index (χ2v) is 4.35. The molecule has 0 aliphatic heterocycles. The Morgan fingerprint density at radius 3 is 2.60 bits per heavy atom. The first-order valence-corrected chi connectivity index (χ1v) is 6.33. The van der Waals surface area contributed by atoms with E-state index in [9.17, 15) is 4.79 Å². The highest BCUT2D eigenvalue weighted by Gasteiger charge is 2.11. The van der Waals surface area contributed by atoms with Crippen molar-refractivity contribution in [1.82, 2.24) is 9.97 Å². The number of carbonyl (C=O) groups excluding carboxylic acids is 1. The Kier molecular flexibility index (Phi) is 4.62. The fourth-order valence-corrected chi connectivity index (χ4v) is 1.86. The number of nitrogens with zero attached hydrogens (tertiary/aromatic N) is 2. The van der Waals surface area contributed by atoms with Crippen LogP contribution in [0.4, 0.5) is 5.82 Å². The molecule has 1 aromatic carbocycles. The van der Waals surface area contributed by atoms with Gasteiger partial charge in [0.2, 0.25) is 0 Å². The lowest BCUT2D eigenvalue weighted by atomic mass is 10.1. The highest BCUT2D eigenvalue weighted by atomic mass is 16.1. The van der Waals surface area contributed by atoms with Gasteiger partial charge >= 0.3 is 0 Å². The zero-order valence-electron chi connectivity index (χ0n) is 11.0. The molecular weight excluding hydrogens is 254 g/mol. The molecule has 2 rings (SSSR count). The molecule has 20 heavy (non-hydrogen) atoms. The van der Waals surface area contributed by atoms with Crippen LogP contribution in [0, 0.1) is 0 Å². The van der Waals surface area contributed by atoms with Crippen molar-refractivity contribution in [3.8, 4) is 0 Å². The standard InChI is InChI=1S/C14H17N5O/c15-11(10-4-2-1-3-5-10)6-7-18-14-12(13(16)20)17-8-9-19-14/h1-5,8-9,11H,6-7,15H2,(H2,16,20)(H,18,19). The Morgan fingerprint density at radius 2 is 1.90 bits per heavy atom. The SMILES string of the molecule is NC(=O)c1nccnc1NCCC(N)c1ccccc1. The summed E-state index contributed by atoms with van der Waals surface area (Å²) in [6, 6.07) is 9.77. The predicted molar refractivity (Wildman–Crippen MR) is 77.0 cm³/mol. The Hall–Kier alpha value is -2.47. The summed E-state index contributed by atoms with van der Waals surface area (Å²) in [4.78, 5) is 19.2. The molecule has 0 saturated carbocycles. The third-order valence-corrected chi connectivity index (χ3v) is 2.91. The molecule has 0 aliphatic rings. The van der Waals surface area contributed by atoms with Crippen LogP contribution in [0.2, 0.25) is 0 Å². The van der Waals surface area contributed by atoms with E-state index < -0.39 is 5.91 Å². The maximum absolute atomic E-state index is 11.2. The number of hydrogen-bond donors (Lipinski definition) is 3. The van der Waals surface area contributed by atoms with Gasteiger partial charge in [-0.3, -0.25) is 4.79 Å². The van der Waals surface area contributed by atoms with Gasteiger partial charge in [-0.15, -0.1) is 0 Å². The number of carbonyl (C=O) groups is 1. The Bertz CT molecular complexity index is 573. The molecule has 5 N–H and O–H groups in total. The van der Waals surface area contributed by atoms with Gasteiger partial charge < -0.3 is 16.8 Å². The van der Waals surface area contributed by atoms with Crippen LogP contribution in [0.15, 0.2) is 42.7 Å². The lowest BCUT2D eigenvalue weighted by Gasteiger charge is -2.13. The van der Waals surface area contributed by atoms with Crippen LogP contribution < -0.4 is 16.8 Å². The van der Waals surface area contributed by atoms with Gasteiger partial charge in [0.05, 0.1) is 0 Å². The van der Waals surface area contributed by atoms with Crippen molar-refractivity contribution >= 4 is 11.7 Å². The molecule has 6 heteroatoms. The molecule has 0 saturated heterocycles. The molecule has 0 spiro atoms. The average Bonchev–Trinajstić information content (AvgIpc) is 2.48. The number of nitrogens with two attached hydrogens (primary N) is 2. The molecule has 104 valence electrons. The van der Waals surface area contributed by atoms with Crippen molar-refractivity contribution in [2.24, 2.45) is 11.5 Å². The lowest BCUT2D eigenvalue weighted by molar-refractivity contribution is 0.0996. The lowest BCUT2D eigenvalue weighted by Crippen LogP contribution is -2.20. The van der Waals surface area contributed by atoms with E-state index in [1.165, 1.54) is 12.4 Å². The van der Waals surface area contributed by atoms with Gasteiger partial charge in [-0.1, -0.05) is 30.3 Å². The summed E-state index contributed by atoms with van der Waals surface area (Å²) < 4.78 is 0. The molecular formula is C14H17N5O. The molecule has 6 nitrogen and oxygen atoms in total. The van der Waals surface area contributed by atoms with E-state index in [1.54, 1.807) is 0 Å². The first-order chi connectivity index (χ1) is 9.68. The smallest absolute Gasteiger partial charge is 0.271 e.